The fourth-order valence-electron chi connectivity index (χ4n) is 11.0. The van der Waals surface area contributed by atoms with Crippen LogP contribution in [-0.4, -0.2) is 10.6 Å². The van der Waals surface area contributed by atoms with Crippen molar-refractivity contribution in [1.82, 2.24) is 4.57 Å². The van der Waals surface area contributed by atoms with E-state index in [2.05, 4.69) is 239 Å². The van der Waals surface area contributed by atoms with Crippen LogP contribution in [-0.2, 0) is 6.42 Å². The molecule has 2 unspecified atom stereocenters. The first-order chi connectivity index (χ1) is 32.3. The Morgan fingerprint density at radius 1 is 0.477 bits per heavy atom. The summed E-state index contributed by atoms with van der Waals surface area (Å²) >= 11 is 0. The molecule has 3 aliphatic rings. The van der Waals surface area contributed by atoms with Gasteiger partial charge in [0.05, 0.1) is 17.5 Å². The molecule has 2 atom stereocenters. The number of benzene rings is 9. The van der Waals surface area contributed by atoms with E-state index in [0.717, 1.165) is 35.6 Å². The van der Waals surface area contributed by atoms with Crippen molar-refractivity contribution >= 4 is 73.0 Å². The van der Waals surface area contributed by atoms with Gasteiger partial charge in [0.25, 0.3) is 0 Å². The molecule has 0 saturated carbocycles. The van der Waals surface area contributed by atoms with E-state index in [9.17, 15) is 0 Å². The summed E-state index contributed by atoms with van der Waals surface area (Å²) in [5.41, 5.74) is 17.5. The molecule has 0 amide bonds. The van der Waals surface area contributed by atoms with E-state index in [-0.39, 0.29) is 12.0 Å². The lowest BCUT2D eigenvalue weighted by atomic mass is 9.84. The molecule has 1 aromatic heterocycles. The minimum Gasteiger partial charge on any atom is -0.333 e. The van der Waals surface area contributed by atoms with Crippen LogP contribution in [0.4, 0.5) is 28.4 Å². The Hall–Kier alpha value is -7.88. The Morgan fingerprint density at radius 3 is 1.89 bits per heavy atom. The number of rotatable bonds is 6. The van der Waals surface area contributed by atoms with Gasteiger partial charge in [0, 0.05) is 50.8 Å². The number of nitrogens with zero attached hydrogens (tertiary/aromatic N) is 3. The van der Waals surface area contributed by atoms with Gasteiger partial charge in [0.15, 0.2) is 0 Å². The zero-order valence-electron chi connectivity index (χ0n) is 36.8. The van der Waals surface area contributed by atoms with Crippen LogP contribution in [0.15, 0.2) is 212 Å². The largest absolute Gasteiger partial charge is 0.333 e. The number of para-hydroxylation sites is 3. The van der Waals surface area contributed by atoms with E-state index in [1.54, 1.807) is 0 Å². The molecule has 1 aliphatic heterocycles. The second kappa shape index (κ2) is 16.0. The topological polar surface area (TPSA) is 11.4 Å². The van der Waals surface area contributed by atoms with Crippen LogP contribution < -0.4 is 9.80 Å². The molecular formula is C62H49N3. The van der Waals surface area contributed by atoms with E-state index in [1.807, 2.05) is 13.8 Å². The summed E-state index contributed by atoms with van der Waals surface area (Å²) in [6.07, 6.45) is 11.6. The number of hydrogen-bond donors (Lipinski definition) is 0. The van der Waals surface area contributed by atoms with Gasteiger partial charge in [-0.15, -0.1) is 0 Å². The first-order valence-electron chi connectivity index (χ1n) is 23.2. The van der Waals surface area contributed by atoms with E-state index in [0.29, 0.717) is 0 Å². The van der Waals surface area contributed by atoms with Crippen LogP contribution in [0.5, 0.6) is 0 Å². The summed E-state index contributed by atoms with van der Waals surface area (Å²) in [4.78, 5) is 4.96. The van der Waals surface area contributed by atoms with E-state index < -0.39 is 0 Å². The molecule has 0 saturated heterocycles. The standard InChI is InChI=1S/C60H43N3.C2H6/c1-3-15-40(16-4-1)41-27-29-43(30-28-41)61(46-35-36-51-49-21-8-7-19-47(49)48-20-9-10-22-50(48)55(51)39-46)44-31-33-45(34-32-44)63-56-25-13-11-23-52(56)53-37-38-58-59(60(53)63)54-24-12-14-26-57(54)62(58)42-17-5-2-6-18-42;1-2/h1-6,8-18,20-39,58-59H,7,19H2;1-2H3. The predicted octanol–water partition coefficient (Wildman–Crippen LogP) is 16.7. The molecule has 2 aliphatic carbocycles. The monoisotopic (exact) mass is 835 g/mol. The summed E-state index contributed by atoms with van der Waals surface area (Å²) < 4.78 is 2.54. The Labute approximate surface area is 381 Å². The van der Waals surface area contributed by atoms with Gasteiger partial charge in [-0.2, -0.15) is 0 Å². The minimum absolute atomic E-state index is 0.152. The summed E-state index contributed by atoms with van der Waals surface area (Å²) in [6, 6.07) is 74.0. The highest BCUT2D eigenvalue weighted by Gasteiger charge is 2.43. The van der Waals surface area contributed by atoms with Crippen molar-refractivity contribution < 1.29 is 0 Å². The third kappa shape index (κ3) is 6.25. The lowest BCUT2D eigenvalue weighted by Crippen LogP contribution is -2.31. The number of aryl methyl sites for hydroxylation is 1. The van der Waals surface area contributed by atoms with Crippen molar-refractivity contribution in [3.63, 3.8) is 0 Å². The molecular weight excluding hydrogens is 787 g/mol. The minimum atomic E-state index is 0.152. The highest BCUT2D eigenvalue weighted by molar-refractivity contribution is 6.14. The fraction of sp³-hybridized carbons (Fsp3) is 0.0968. The molecule has 0 fully saturated rings. The van der Waals surface area contributed by atoms with Crippen molar-refractivity contribution in [3.05, 3.63) is 240 Å². The maximum absolute atomic E-state index is 2.54. The zero-order valence-corrected chi connectivity index (χ0v) is 36.8. The molecule has 0 spiro atoms. The normalized spacial score (nSPS) is 15.6. The molecule has 13 rings (SSSR count). The van der Waals surface area contributed by atoms with Gasteiger partial charge in [0.2, 0.25) is 0 Å². The lowest BCUT2D eigenvalue weighted by molar-refractivity contribution is 0.693. The summed E-state index contributed by atoms with van der Waals surface area (Å²) in [7, 11) is 0. The zero-order chi connectivity index (χ0) is 43.4. The van der Waals surface area contributed by atoms with Gasteiger partial charge in [-0.25, -0.2) is 0 Å². The van der Waals surface area contributed by atoms with E-state index in [1.165, 1.54) is 82.9 Å². The van der Waals surface area contributed by atoms with Crippen LogP contribution in [0, 0.1) is 0 Å². The van der Waals surface area contributed by atoms with Gasteiger partial charge in [-0.05, 0) is 135 Å². The fourth-order valence-corrected chi connectivity index (χ4v) is 11.0. The molecule has 0 N–H and O–H groups in total. The average Bonchev–Trinajstić information content (AvgIpc) is 3.91. The average molecular weight is 836 g/mol. The summed E-state index contributed by atoms with van der Waals surface area (Å²) in [5.74, 6) is 0.154. The molecule has 2 heterocycles. The maximum Gasteiger partial charge on any atom is 0.0650 e. The Bertz CT molecular complexity index is 3450. The highest BCUT2D eigenvalue weighted by Crippen LogP contribution is 2.53. The number of hydrogen-bond acceptors (Lipinski definition) is 2. The second-order valence-electron chi connectivity index (χ2n) is 17.1. The number of allylic oxidation sites excluding steroid dienone is 1. The maximum atomic E-state index is 2.54. The molecule has 312 valence electrons. The van der Waals surface area contributed by atoms with Gasteiger partial charge in [-0.1, -0.05) is 166 Å². The van der Waals surface area contributed by atoms with Gasteiger partial charge in [-0.3, -0.25) is 0 Å². The van der Waals surface area contributed by atoms with Crippen molar-refractivity contribution in [2.75, 3.05) is 9.80 Å². The van der Waals surface area contributed by atoms with Gasteiger partial charge in [0.1, 0.15) is 0 Å². The predicted molar refractivity (Wildman–Crippen MR) is 277 cm³/mol. The molecule has 3 nitrogen and oxygen atoms in total. The third-order valence-electron chi connectivity index (χ3n) is 13.8. The molecule has 3 heteroatoms. The van der Waals surface area contributed by atoms with Gasteiger partial charge < -0.3 is 14.4 Å². The molecule has 10 aromatic rings. The lowest BCUT2D eigenvalue weighted by Gasteiger charge is -2.31. The Kier molecular flexibility index (Phi) is 9.56. The molecule has 65 heavy (non-hydrogen) atoms. The Balaban J connectivity index is 0.00000219. The van der Waals surface area contributed by atoms with Gasteiger partial charge >= 0.3 is 0 Å². The Morgan fingerprint density at radius 2 is 1.11 bits per heavy atom. The number of anilines is 5. The molecule has 0 radical (unpaired) electrons. The molecule has 9 aromatic carbocycles. The first-order valence-corrected chi connectivity index (χ1v) is 23.2. The smallest absolute Gasteiger partial charge is 0.0650 e. The van der Waals surface area contributed by atoms with Crippen LogP contribution >= 0.6 is 0 Å². The second-order valence-corrected chi connectivity index (χ2v) is 17.1. The van der Waals surface area contributed by atoms with E-state index in [4.69, 9.17) is 0 Å². The summed E-state index contributed by atoms with van der Waals surface area (Å²) in [6.45, 7) is 4.00. The summed E-state index contributed by atoms with van der Waals surface area (Å²) in [5, 5.41) is 6.55. The van der Waals surface area contributed by atoms with Crippen LogP contribution in [0.3, 0.4) is 0 Å². The highest BCUT2D eigenvalue weighted by atomic mass is 15.2. The first kappa shape index (κ1) is 38.8. The molecule has 0 bridgehead atoms. The SMILES string of the molecule is C1=Cc2c(c3ccccc3c3cc(N(c4ccc(-c5ccccc5)cc4)c4ccc(-n5c6c(c7ccccc75)C=CC5C6c6ccccc6N5c5ccccc5)cc4)ccc23)CC1.CC. The van der Waals surface area contributed by atoms with Crippen LogP contribution in [0.1, 0.15) is 54.1 Å². The van der Waals surface area contributed by atoms with Crippen molar-refractivity contribution in [3.8, 4) is 16.8 Å². The third-order valence-corrected chi connectivity index (χ3v) is 13.8. The number of fused-ring (bicyclic) bond motifs is 13. The quantitative estimate of drug-likeness (QED) is 0.155. The number of aromatic nitrogens is 1. The van der Waals surface area contributed by atoms with Crippen LogP contribution in [0.25, 0.3) is 61.4 Å². The van der Waals surface area contributed by atoms with E-state index >= 15 is 0 Å². The van der Waals surface area contributed by atoms with Crippen LogP contribution in [0.2, 0.25) is 0 Å². The van der Waals surface area contributed by atoms with Crippen molar-refractivity contribution in [2.45, 2.75) is 38.6 Å². The van der Waals surface area contributed by atoms with Crippen molar-refractivity contribution in [1.29, 1.82) is 0 Å². The van der Waals surface area contributed by atoms with Crippen molar-refractivity contribution in [2.24, 2.45) is 0 Å².